The number of aryl methyl sites for hydroxylation is 1. The Hall–Kier alpha value is -2.50. The lowest BCUT2D eigenvalue weighted by Crippen LogP contribution is -2.17. The molecule has 0 fully saturated rings. The van der Waals surface area contributed by atoms with Crippen LogP contribution in [-0.4, -0.2) is 23.0 Å². The molecule has 0 radical (unpaired) electrons. The number of carbonyl (C=O) groups is 1. The molecule has 0 saturated heterocycles. The van der Waals surface area contributed by atoms with E-state index in [0.717, 1.165) is 5.69 Å². The highest BCUT2D eigenvalue weighted by atomic mass is 19.1. The predicted molar refractivity (Wildman–Crippen MR) is 72.1 cm³/mol. The van der Waals surface area contributed by atoms with Gasteiger partial charge in [-0.2, -0.15) is 0 Å². The van der Waals surface area contributed by atoms with Crippen LogP contribution >= 0.6 is 0 Å². The Bertz CT molecular complexity index is 632. The molecule has 0 aliphatic rings. The first-order valence-electron chi connectivity index (χ1n) is 6.00. The maximum atomic E-state index is 13.2. The number of rotatable bonds is 4. The monoisotopic (exact) mass is 275 g/mol. The van der Waals surface area contributed by atoms with E-state index in [4.69, 9.17) is 4.74 Å². The minimum atomic E-state index is -0.416. The zero-order valence-electron chi connectivity index (χ0n) is 11.2. The summed E-state index contributed by atoms with van der Waals surface area (Å²) in [6, 6.07) is 5.77. The standard InChI is InChI=1S/C14H14FN3O2/c1-9-5-6-16-14(17-9)18-13(19)8-10-7-11(15)3-4-12(10)20-2/h3-7H,8H2,1-2H3,(H,16,17,18,19). The van der Waals surface area contributed by atoms with Crippen LogP contribution in [0.25, 0.3) is 0 Å². The molecule has 6 heteroatoms. The normalized spacial score (nSPS) is 10.2. The summed E-state index contributed by atoms with van der Waals surface area (Å²) in [5.41, 5.74) is 1.22. The van der Waals surface area contributed by atoms with Gasteiger partial charge >= 0.3 is 0 Å². The number of ether oxygens (including phenoxy) is 1. The largest absolute Gasteiger partial charge is 0.496 e. The van der Waals surface area contributed by atoms with E-state index in [-0.39, 0.29) is 18.3 Å². The van der Waals surface area contributed by atoms with Crippen LogP contribution in [0.2, 0.25) is 0 Å². The lowest BCUT2D eigenvalue weighted by Gasteiger charge is -2.08. The van der Waals surface area contributed by atoms with Gasteiger partial charge in [0.2, 0.25) is 11.9 Å². The van der Waals surface area contributed by atoms with Crippen LogP contribution in [0.5, 0.6) is 5.75 Å². The van der Waals surface area contributed by atoms with Crippen molar-refractivity contribution in [3.63, 3.8) is 0 Å². The minimum absolute atomic E-state index is 0.0156. The van der Waals surface area contributed by atoms with E-state index >= 15 is 0 Å². The molecule has 1 aromatic carbocycles. The molecule has 0 atom stereocenters. The van der Waals surface area contributed by atoms with E-state index in [9.17, 15) is 9.18 Å². The molecular formula is C14H14FN3O2. The van der Waals surface area contributed by atoms with Crippen molar-refractivity contribution < 1.29 is 13.9 Å². The number of nitrogens with one attached hydrogen (secondary N) is 1. The van der Waals surface area contributed by atoms with Crippen molar-refractivity contribution in [3.05, 3.63) is 47.5 Å². The van der Waals surface area contributed by atoms with Gasteiger partial charge in [-0.15, -0.1) is 0 Å². The summed E-state index contributed by atoms with van der Waals surface area (Å²) < 4.78 is 18.3. The zero-order valence-corrected chi connectivity index (χ0v) is 11.2. The molecular weight excluding hydrogens is 261 g/mol. The Labute approximate surface area is 115 Å². The highest BCUT2D eigenvalue weighted by Crippen LogP contribution is 2.20. The molecule has 2 rings (SSSR count). The van der Waals surface area contributed by atoms with Crippen molar-refractivity contribution in [2.24, 2.45) is 0 Å². The van der Waals surface area contributed by atoms with E-state index in [0.29, 0.717) is 11.3 Å². The van der Waals surface area contributed by atoms with Crippen LogP contribution in [-0.2, 0) is 11.2 Å². The second-order valence-corrected chi connectivity index (χ2v) is 4.20. The Morgan fingerprint density at radius 2 is 2.20 bits per heavy atom. The molecule has 0 saturated carbocycles. The van der Waals surface area contributed by atoms with Gasteiger partial charge in [-0.25, -0.2) is 14.4 Å². The van der Waals surface area contributed by atoms with E-state index in [1.807, 2.05) is 0 Å². The van der Waals surface area contributed by atoms with Gasteiger partial charge < -0.3 is 4.74 Å². The van der Waals surface area contributed by atoms with Gasteiger partial charge in [0, 0.05) is 17.5 Å². The molecule has 104 valence electrons. The second-order valence-electron chi connectivity index (χ2n) is 4.20. The Balaban J connectivity index is 2.10. The fourth-order valence-electron chi connectivity index (χ4n) is 1.74. The number of amides is 1. The van der Waals surface area contributed by atoms with Crippen LogP contribution < -0.4 is 10.1 Å². The number of hydrogen-bond acceptors (Lipinski definition) is 4. The first-order valence-corrected chi connectivity index (χ1v) is 6.00. The number of halogens is 1. The summed E-state index contributed by atoms with van der Waals surface area (Å²) >= 11 is 0. The van der Waals surface area contributed by atoms with E-state index in [1.54, 1.807) is 19.2 Å². The lowest BCUT2D eigenvalue weighted by molar-refractivity contribution is -0.115. The summed E-state index contributed by atoms with van der Waals surface area (Å²) in [7, 11) is 1.47. The van der Waals surface area contributed by atoms with Gasteiger partial charge in [0.25, 0.3) is 0 Å². The number of hydrogen-bond donors (Lipinski definition) is 1. The van der Waals surface area contributed by atoms with Crippen molar-refractivity contribution in [3.8, 4) is 5.75 Å². The molecule has 0 spiro atoms. The Kier molecular flexibility index (Phi) is 4.24. The number of anilines is 1. The molecule has 2 aromatic rings. The molecule has 5 nitrogen and oxygen atoms in total. The van der Waals surface area contributed by atoms with Crippen molar-refractivity contribution >= 4 is 11.9 Å². The highest BCUT2D eigenvalue weighted by molar-refractivity contribution is 5.91. The van der Waals surface area contributed by atoms with Gasteiger partial charge in [-0.3, -0.25) is 10.1 Å². The molecule has 1 heterocycles. The van der Waals surface area contributed by atoms with Crippen LogP contribution in [0.15, 0.2) is 30.5 Å². The summed E-state index contributed by atoms with van der Waals surface area (Å²) in [5.74, 6) is -0.0583. The maximum Gasteiger partial charge on any atom is 0.231 e. The third kappa shape index (κ3) is 3.50. The smallest absolute Gasteiger partial charge is 0.231 e. The first-order chi connectivity index (χ1) is 9.58. The van der Waals surface area contributed by atoms with Crippen molar-refractivity contribution in [2.45, 2.75) is 13.3 Å². The van der Waals surface area contributed by atoms with Gasteiger partial charge in [-0.05, 0) is 31.2 Å². The summed E-state index contributed by atoms with van der Waals surface area (Å²) in [6.07, 6.45) is 1.54. The SMILES string of the molecule is COc1ccc(F)cc1CC(=O)Nc1nccc(C)n1. The predicted octanol–water partition coefficient (Wildman–Crippen LogP) is 2.11. The first kappa shape index (κ1) is 13.9. The average molecular weight is 275 g/mol. The van der Waals surface area contributed by atoms with Crippen LogP contribution in [0.4, 0.5) is 10.3 Å². The van der Waals surface area contributed by atoms with Crippen molar-refractivity contribution in [2.75, 3.05) is 12.4 Å². The number of nitrogens with zero attached hydrogens (tertiary/aromatic N) is 2. The summed E-state index contributed by atoms with van der Waals surface area (Å²) in [4.78, 5) is 19.9. The van der Waals surface area contributed by atoms with Gasteiger partial charge in [0.05, 0.1) is 13.5 Å². The number of methoxy groups -OCH3 is 1. The van der Waals surface area contributed by atoms with E-state index in [1.165, 1.54) is 25.3 Å². The van der Waals surface area contributed by atoms with Crippen molar-refractivity contribution in [1.29, 1.82) is 0 Å². The molecule has 1 N–H and O–H groups in total. The second kappa shape index (κ2) is 6.10. The maximum absolute atomic E-state index is 13.2. The van der Waals surface area contributed by atoms with E-state index in [2.05, 4.69) is 15.3 Å². The van der Waals surface area contributed by atoms with Gasteiger partial charge in [0.1, 0.15) is 11.6 Å². The number of aromatic nitrogens is 2. The minimum Gasteiger partial charge on any atom is -0.496 e. The topological polar surface area (TPSA) is 64.1 Å². The quantitative estimate of drug-likeness (QED) is 0.928. The highest BCUT2D eigenvalue weighted by Gasteiger charge is 2.11. The fraction of sp³-hybridized carbons (Fsp3) is 0.214. The van der Waals surface area contributed by atoms with Crippen LogP contribution in [0.3, 0.4) is 0 Å². The fourth-order valence-corrected chi connectivity index (χ4v) is 1.74. The van der Waals surface area contributed by atoms with E-state index < -0.39 is 5.82 Å². The van der Waals surface area contributed by atoms with Crippen LogP contribution in [0.1, 0.15) is 11.3 Å². The molecule has 0 bridgehead atoms. The average Bonchev–Trinajstić information content (AvgIpc) is 2.38. The summed E-state index contributed by atoms with van der Waals surface area (Å²) in [5, 5.41) is 2.56. The molecule has 0 aliphatic carbocycles. The molecule has 20 heavy (non-hydrogen) atoms. The zero-order chi connectivity index (χ0) is 14.5. The number of carbonyl (C=O) groups excluding carboxylic acids is 1. The van der Waals surface area contributed by atoms with Crippen molar-refractivity contribution in [1.82, 2.24) is 9.97 Å². The molecule has 0 aliphatic heterocycles. The number of benzene rings is 1. The third-order valence-electron chi connectivity index (χ3n) is 2.64. The van der Waals surface area contributed by atoms with Gasteiger partial charge in [0.15, 0.2) is 0 Å². The Morgan fingerprint density at radius 3 is 2.90 bits per heavy atom. The molecule has 1 aromatic heterocycles. The lowest BCUT2D eigenvalue weighted by atomic mass is 10.1. The third-order valence-corrected chi connectivity index (χ3v) is 2.64. The van der Waals surface area contributed by atoms with Crippen LogP contribution in [0, 0.1) is 12.7 Å². The summed E-state index contributed by atoms with van der Waals surface area (Å²) in [6.45, 7) is 1.80. The molecule has 1 amide bonds. The Morgan fingerprint density at radius 1 is 1.40 bits per heavy atom. The van der Waals surface area contributed by atoms with Gasteiger partial charge in [-0.1, -0.05) is 0 Å². The molecule has 0 unspecified atom stereocenters.